The summed E-state index contributed by atoms with van der Waals surface area (Å²) in [6.45, 7) is 0.648. The molecular weight excluding hydrogens is 390 g/mol. The first-order valence-corrected chi connectivity index (χ1v) is 10.7. The minimum Gasteiger partial charge on any atom is -0.497 e. The van der Waals surface area contributed by atoms with Gasteiger partial charge in [0.1, 0.15) is 23.1 Å². The molecule has 158 valence electrons. The number of nitrogens with one attached hydrogen (secondary N) is 1. The van der Waals surface area contributed by atoms with Gasteiger partial charge in [-0.1, -0.05) is 30.3 Å². The molecule has 4 aromatic rings. The second-order valence-corrected chi connectivity index (χ2v) is 7.90. The molecule has 6 nitrogen and oxygen atoms in total. The Kier molecular flexibility index (Phi) is 5.20. The summed E-state index contributed by atoms with van der Waals surface area (Å²) < 4.78 is 11.4. The molecule has 31 heavy (non-hydrogen) atoms. The number of aromatic amines is 1. The number of furan rings is 1. The van der Waals surface area contributed by atoms with Crippen molar-refractivity contribution < 1.29 is 13.9 Å². The van der Waals surface area contributed by atoms with Crippen LogP contribution in [0.25, 0.3) is 11.0 Å². The number of methoxy groups -OCH3 is 1. The van der Waals surface area contributed by atoms with E-state index in [1.54, 1.807) is 13.4 Å². The smallest absolute Gasteiger partial charge is 0.223 e. The molecule has 0 saturated carbocycles. The van der Waals surface area contributed by atoms with Gasteiger partial charge in [0.05, 0.1) is 19.1 Å². The SMILES string of the molecule is COc1cccc(CCCC(=O)N2CCc3[nH]cnc3[C@H]2c2cc3ccccc3o2)c1. The van der Waals surface area contributed by atoms with E-state index in [-0.39, 0.29) is 11.9 Å². The molecule has 0 radical (unpaired) electrons. The Morgan fingerprint density at radius 3 is 3.00 bits per heavy atom. The number of fused-ring (bicyclic) bond motifs is 2. The van der Waals surface area contributed by atoms with Gasteiger partial charge in [0.2, 0.25) is 5.91 Å². The molecule has 1 amide bonds. The number of carbonyl (C=O) groups excluding carboxylic acids is 1. The predicted molar refractivity (Wildman–Crippen MR) is 118 cm³/mol. The van der Waals surface area contributed by atoms with Crippen LogP contribution in [0.4, 0.5) is 0 Å². The zero-order chi connectivity index (χ0) is 21.2. The van der Waals surface area contributed by atoms with E-state index in [0.717, 1.165) is 53.1 Å². The molecule has 2 aromatic carbocycles. The minimum atomic E-state index is -0.299. The van der Waals surface area contributed by atoms with Crippen molar-refractivity contribution in [2.24, 2.45) is 0 Å². The molecule has 0 fully saturated rings. The van der Waals surface area contributed by atoms with E-state index in [0.29, 0.717) is 13.0 Å². The summed E-state index contributed by atoms with van der Waals surface area (Å²) in [4.78, 5) is 23.0. The lowest BCUT2D eigenvalue weighted by Crippen LogP contribution is -2.40. The molecular formula is C25H25N3O3. The molecule has 0 spiro atoms. The van der Waals surface area contributed by atoms with Crippen LogP contribution in [-0.4, -0.2) is 34.4 Å². The van der Waals surface area contributed by atoms with Gasteiger partial charge in [0, 0.05) is 30.5 Å². The maximum Gasteiger partial charge on any atom is 0.223 e. The molecule has 0 aliphatic carbocycles. The summed E-state index contributed by atoms with van der Waals surface area (Å²) >= 11 is 0. The first kappa shape index (κ1) is 19.4. The normalized spacial score (nSPS) is 15.8. The number of ether oxygens (including phenoxy) is 1. The van der Waals surface area contributed by atoms with E-state index >= 15 is 0 Å². The molecule has 5 rings (SSSR count). The van der Waals surface area contributed by atoms with E-state index in [1.165, 1.54) is 5.56 Å². The molecule has 3 heterocycles. The van der Waals surface area contributed by atoms with Crippen LogP contribution in [0.2, 0.25) is 0 Å². The predicted octanol–water partition coefficient (Wildman–Crippen LogP) is 4.66. The molecule has 1 aliphatic heterocycles. The summed E-state index contributed by atoms with van der Waals surface area (Å²) in [5, 5.41) is 1.03. The fraction of sp³-hybridized carbons (Fsp3) is 0.280. The van der Waals surface area contributed by atoms with Crippen LogP contribution in [0.5, 0.6) is 5.75 Å². The van der Waals surface area contributed by atoms with Gasteiger partial charge >= 0.3 is 0 Å². The third-order valence-corrected chi connectivity index (χ3v) is 5.95. The summed E-state index contributed by atoms with van der Waals surface area (Å²) in [6.07, 6.45) is 4.57. The van der Waals surface area contributed by atoms with Crippen LogP contribution >= 0.6 is 0 Å². The van der Waals surface area contributed by atoms with Crippen LogP contribution < -0.4 is 4.74 Å². The fourth-order valence-electron chi connectivity index (χ4n) is 4.39. The maximum absolute atomic E-state index is 13.3. The van der Waals surface area contributed by atoms with Crippen molar-refractivity contribution in [3.05, 3.63) is 83.6 Å². The van der Waals surface area contributed by atoms with Crippen LogP contribution in [0.1, 0.15) is 41.6 Å². The summed E-state index contributed by atoms with van der Waals surface area (Å²) in [5.41, 5.74) is 3.96. The Balaban J connectivity index is 1.35. The highest BCUT2D eigenvalue weighted by atomic mass is 16.5. The fourth-order valence-corrected chi connectivity index (χ4v) is 4.39. The Bertz CT molecular complexity index is 1180. The molecule has 1 atom stereocenters. The van der Waals surface area contributed by atoms with Crippen LogP contribution in [0, 0.1) is 0 Å². The minimum absolute atomic E-state index is 0.127. The lowest BCUT2D eigenvalue weighted by atomic mass is 9.99. The topological polar surface area (TPSA) is 71.4 Å². The van der Waals surface area contributed by atoms with Crippen molar-refractivity contribution in [2.75, 3.05) is 13.7 Å². The number of benzene rings is 2. The van der Waals surface area contributed by atoms with Crippen molar-refractivity contribution in [3.8, 4) is 5.75 Å². The number of aromatic nitrogens is 2. The molecule has 0 saturated heterocycles. The number of carbonyl (C=O) groups is 1. The number of rotatable bonds is 6. The second-order valence-electron chi connectivity index (χ2n) is 7.90. The molecule has 0 bridgehead atoms. The van der Waals surface area contributed by atoms with Crippen LogP contribution in [-0.2, 0) is 17.6 Å². The number of aryl methyl sites for hydroxylation is 1. The Labute approximate surface area is 180 Å². The first-order chi connectivity index (χ1) is 15.2. The van der Waals surface area contributed by atoms with Gasteiger partial charge in [-0.25, -0.2) is 4.98 Å². The van der Waals surface area contributed by atoms with Gasteiger partial charge in [-0.15, -0.1) is 0 Å². The Morgan fingerprint density at radius 2 is 2.13 bits per heavy atom. The van der Waals surface area contributed by atoms with E-state index in [2.05, 4.69) is 16.0 Å². The van der Waals surface area contributed by atoms with Crippen molar-refractivity contribution in [1.29, 1.82) is 0 Å². The summed E-state index contributed by atoms with van der Waals surface area (Å²) in [6, 6.07) is 17.7. The summed E-state index contributed by atoms with van der Waals surface area (Å²) in [5.74, 6) is 1.73. The highest BCUT2D eigenvalue weighted by molar-refractivity contribution is 5.80. The number of amides is 1. The molecule has 6 heteroatoms. The highest BCUT2D eigenvalue weighted by Gasteiger charge is 2.35. The third kappa shape index (κ3) is 3.81. The molecule has 2 aromatic heterocycles. The van der Waals surface area contributed by atoms with Gasteiger partial charge < -0.3 is 19.0 Å². The zero-order valence-corrected chi connectivity index (χ0v) is 17.5. The number of nitrogens with zero attached hydrogens (tertiary/aromatic N) is 2. The van der Waals surface area contributed by atoms with Crippen molar-refractivity contribution >= 4 is 16.9 Å². The number of H-pyrrole nitrogens is 1. The first-order valence-electron chi connectivity index (χ1n) is 10.7. The van der Waals surface area contributed by atoms with Crippen LogP contribution in [0.15, 0.2) is 65.3 Å². The second kappa shape index (κ2) is 8.30. The van der Waals surface area contributed by atoms with Gasteiger partial charge in [-0.2, -0.15) is 0 Å². The van der Waals surface area contributed by atoms with Crippen molar-refractivity contribution in [3.63, 3.8) is 0 Å². The van der Waals surface area contributed by atoms with Gasteiger partial charge in [-0.05, 0) is 42.7 Å². The Morgan fingerprint density at radius 1 is 1.23 bits per heavy atom. The Hall–Kier alpha value is -3.54. The monoisotopic (exact) mass is 415 g/mol. The standard InChI is InChI=1S/C25H25N3O3/c1-30-19-9-4-6-17(14-19)7-5-11-23(29)28-13-12-20-24(27-16-26-20)25(28)22-15-18-8-2-3-10-21(18)31-22/h2-4,6,8-10,14-16,25H,5,7,11-13H2,1H3,(H,26,27)/t25-/m1/s1. The average molecular weight is 415 g/mol. The third-order valence-electron chi connectivity index (χ3n) is 5.95. The maximum atomic E-state index is 13.3. The van der Waals surface area contributed by atoms with E-state index in [1.807, 2.05) is 53.4 Å². The molecule has 0 unspecified atom stereocenters. The zero-order valence-electron chi connectivity index (χ0n) is 17.5. The highest BCUT2D eigenvalue weighted by Crippen LogP contribution is 2.36. The lowest BCUT2D eigenvalue weighted by molar-refractivity contribution is -0.133. The van der Waals surface area contributed by atoms with Gasteiger partial charge in [-0.3, -0.25) is 4.79 Å². The largest absolute Gasteiger partial charge is 0.497 e. The lowest BCUT2D eigenvalue weighted by Gasteiger charge is -2.33. The van der Waals surface area contributed by atoms with E-state index in [9.17, 15) is 4.79 Å². The number of imidazole rings is 1. The average Bonchev–Trinajstić information content (AvgIpc) is 3.45. The molecule has 1 N–H and O–H groups in total. The van der Waals surface area contributed by atoms with Gasteiger partial charge in [0.25, 0.3) is 0 Å². The molecule has 1 aliphatic rings. The quantitative estimate of drug-likeness (QED) is 0.497. The van der Waals surface area contributed by atoms with E-state index < -0.39 is 0 Å². The van der Waals surface area contributed by atoms with E-state index in [4.69, 9.17) is 9.15 Å². The number of hydrogen-bond donors (Lipinski definition) is 1. The van der Waals surface area contributed by atoms with Gasteiger partial charge in [0.15, 0.2) is 0 Å². The number of hydrogen-bond acceptors (Lipinski definition) is 4. The van der Waals surface area contributed by atoms with Crippen LogP contribution in [0.3, 0.4) is 0 Å². The number of para-hydroxylation sites is 1. The van der Waals surface area contributed by atoms with Crippen molar-refractivity contribution in [1.82, 2.24) is 14.9 Å². The van der Waals surface area contributed by atoms with Crippen molar-refractivity contribution in [2.45, 2.75) is 31.7 Å². The summed E-state index contributed by atoms with van der Waals surface area (Å²) in [7, 11) is 1.67.